The van der Waals surface area contributed by atoms with E-state index in [4.69, 9.17) is 13.9 Å². The van der Waals surface area contributed by atoms with Crippen molar-refractivity contribution in [2.45, 2.75) is 13.3 Å². The van der Waals surface area contributed by atoms with Crippen LogP contribution in [-0.2, 0) is 6.42 Å². The number of anilines is 1. The zero-order chi connectivity index (χ0) is 19.4. The predicted octanol–water partition coefficient (Wildman–Crippen LogP) is 4.15. The second-order valence-electron chi connectivity index (χ2n) is 6.04. The highest BCUT2D eigenvalue weighted by atomic mass is 16.5. The first kappa shape index (κ1) is 18.4. The third-order valence-electron chi connectivity index (χ3n) is 4.23. The highest BCUT2D eigenvalue weighted by Gasteiger charge is 2.16. The van der Waals surface area contributed by atoms with Crippen LogP contribution in [0, 0.1) is 6.92 Å². The zero-order valence-corrected chi connectivity index (χ0v) is 15.4. The van der Waals surface area contributed by atoms with E-state index >= 15 is 0 Å². The molecule has 2 aromatic carbocycles. The van der Waals surface area contributed by atoms with Crippen LogP contribution in [0.4, 0.5) is 5.69 Å². The van der Waals surface area contributed by atoms with Crippen LogP contribution in [0.1, 0.15) is 27.4 Å². The lowest BCUT2D eigenvalue weighted by atomic mass is 10.1. The van der Waals surface area contributed by atoms with Crippen molar-refractivity contribution in [3.05, 3.63) is 71.2 Å². The molecule has 0 bridgehead atoms. The van der Waals surface area contributed by atoms with Crippen molar-refractivity contribution in [2.75, 3.05) is 19.5 Å². The van der Waals surface area contributed by atoms with Crippen molar-refractivity contribution in [1.29, 1.82) is 0 Å². The van der Waals surface area contributed by atoms with Crippen LogP contribution in [0.3, 0.4) is 0 Å². The average molecular weight is 367 g/mol. The van der Waals surface area contributed by atoms with E-state index in [1.165, 1.54) is 6.07 Å². The Morgan fingerprint density at radius 3 is 2.63 bits per heavy atom. The van der Waals surface area contributed by atoms with Gasteiger partial charge in [0.25, 0.3) is 5.91 Å². The Morgan fingerprint density at radius 1 is 1.11 bits per heavy atom. The van der Waals surface area contributed by atoms with Gasteiger partial charge in [-0.2, -0.15) is 0 Å². The van der Waals surface area contributed by atoms with E-state index in [0.717, 1.165) is 11.1 Å². The van der Waals surface area contributed by atoms with Crippen LogP contribution in [0.25, 0.3) is 0 Å². The number of phenolic OH excluding ortho intramolecular Hbond substituents is 1. The number of hydrogen-bond acceptors (Lipinski definition) is 5. The third kappa shape index (κ3) is 4.06. The second kappa shape index (κ2) is 7.86. The number of rotatable bonds is 6. The van der Waals surface area contributed by atoms with Gasteiger partial charge in [0, 0.05) is 12.0 Å². The minimum Gasteiger partial charge on any atom is -0.506 e. The van der Waals surface area contributed by atoms with Crippen molar-refractivity contribution in [1.82, 2.24) is 0 Å². The SMILES string of the molecule is COc1ccc(OC)c(Cc2ccc(C(=O)Nc3c(C)cccc3O)o2)c1. The molecule has 6 heteroatoms. The van der Waals surface area contributed by atoms with Crippen LogP contribution in [-0.4, -0.2) is 25.2 Å². The molecular weight excluding hydrogens is 346 g/mol. The molecule has 1 aromatic heterocycles. The second-order valence-corrected chi connectivity index (χ2v) is 6.04. The molecule has 2 N–H and O–H groups in total. The fraction of sp³-hybridized carbons (Fsp3) is 0.190. The number of carbonyl (C=O) groups excluding carboxylic acids is 1. The molecule has 0 fully saturated rings. The predicted molar refractivity (Wildman–Crippen MR) is 102 cm³/mol. The minimum atomic E-state index is -0.427. The number of carbonyl (C=O) groups is 1. The van der Waals surface area contributed by atoms with Gasteiger partial charge in [-0.05, 0) is 48.9 Å². The molecule has 0 radical (unpaired) electrons. The standard InChI is InChI=1S/C21H21NO5/c1-13-5-4-6-17(23)20(13)22-21(24)19-10-8-16(27-19)12-14-11-15(25-2)7-9-18(14)26-3/h4-11,23H,12H2,1-3H3,(H,22,24). The molecule has 3 rings (SSSR count). The molecule has 0 atom stereocenters. The van der Waals surface area contributed by atoms with Gasteiger partial charge in [-0.25, -0.2) is 0 Å². The molecule has 0 saturated heterocycles. The number of aromatic hydroxyl groups is 1. The summed E-state index contributed by atoms with van der Waals surface area (Å²) < 4.78 is 16.3. The van der Waals surface area contributed by atoms with Crippen molar-refractivity contribution in [3.63, 3.8) is 0 Å². The summed E-state index contributed by atoms with van der Waals surface area (Å²) in [7, 11) is 3.20. The number of furan rings is 1. The molecule has 0 aliphatic rings. The van der Waals surface area contributed by atoms with E-state index in [2.05, 4.69) is 5.32 Å². The maximum Gasteiger partial charge on any atom is 0.291 e. The molecular formula is C21H21NO5. The summed E-state index contributed by atoms with van der Waals surface area (Å²) in [5, 5.41) is 12.6. The molecule has 0 unspecified atom stereocenters. The normalized spacial score (nSPS) is 10.5. The van der Waals surface area contributed by atoms with Gasteiger partial charge in [-0.1, -0.05) is 12.1 Å². The monoisotopic (exact) mass is 367 g/mol. The number of methoxy groups -OCH3 is 2. The third-order valence-corrected chi connectivity index (χ3v) is 4.23. The summed E-state index contributed by atoms with van der Waals surface area (Å²) >= 11 is 0. The van der Waals surface area contributed by atoms with Crippen LogP contribution in [0.15, 0.2) is 52.9 Å². The lowest BCUT2D eigenvalue weighted by Gasteiger charge is -2.10. The largest absolute Gasteiger partial charge is 0.506 e. The summed E-state index contributed by atoms with van der Waals surface area (Å²) in [6.07, 6.45) is 0.448. The number of benzene rings is 2. The Kier molecular flexibility index (Phi) is 5.35. The number of amides is 1. The molecule has 0 aliphatic carbocycles. The number of nitrogens with one attached hydrogen (secondary N) is 1. The maximum absolute atomic E-state index is 12.4. The fourth-order valence-electron chi connectivity index (χ4n) is 2.79. The maximum atomic E-state index is 12.4. The van der Waals surface area contributed by atoms with Gasteiger partial charge in [0.15, 0.2) is 5.76 Å². The fourth-order valence-corrected chi connectivity index (χ4v) is 2.79. The average Bonchev–Trinajstić information content (AvgIpc) is 3.13. The van der Waals surface area contributed by atoms with Crippen LogP contribution >= 0.6 is 0 Å². The van der Waals surface area contributed by atoms with Crippen LogP contribution < -0.4 is 14.8 Å². The Bertz CT molecular complexity index is 941. The van der Waals surface area contributed by atoms with Crippen molar-refractivity contribution in [3.8, 4) is 17.2 Å². The van der Waals surface area contributed by atoms with Gasteiger partial charge >= 0.3 is 0 Å². The highest BCUT2D eigenvalue weighted by molar-refractivity contribution is 6.03. The number of hydrogen-bond donors (Lipinski definition) is 2. The number of phenols is 1. The van der Waals surface area contributed by atoms with Gasteiger partial charge in [0.05, 0.1) is 19.9 Å². The summed E-state index contributed by atoms with van der Waals surface area (Å²) in [5.41, 5.74) is 2.01. The highest BCUT2D eigenvalue weighted by Crippen LogP contribution is 2.29. The van der Waals surface area contributed by atoms with E-state index < -0.39 is 5.91 Å². The van der Waals surface area contributed by atoms with Gasteiger partial charge in [-0.15, -0.1) is 0 Å². The smallest absolute Gasteiger partial charge is 0.291 e. The lowest BCUT2D eigenvalue weighted by molar-refractivity contribution is 0.0994. The first-order valence-electron chi connectivity index (χ1n) is 8.41. The van der Waals surface area contributed by atoms with Gasteiger partial charge in [0.2, 0.25) is 0 Å². The van der Waals surface area contributed by atoms with Crippen molar-refractivity contribution < 1.29 is 23.8 Å². The molecule has 0 aliphatic heterocycles. The molecule has 0 spiro atoms. The van der Waals surface area contributed by atoms with Crippen molar-refractivity contribution >= 4 is 11.6 Å². The number of aryl methyl sites for hydroxylation is 1. The Hall–Kier alpha value is -3.41. The van der Waals surface area contributed by atoms with Crippen LogP contribution in [0.5, 0.6) is 17.2 Å². The Balaban J connectivity index is 1.78. The number of ether oxygens (including phenoxy) is 2. The van der Waals surface area contributed by atoms with Gasteiger partial charge in [-0.3, -0.25) is 4.79 Å². The lowest BCUT2D eigenvalue weighted by Crippen LogP contribution is -2.12. The molecule has 3 aromatic rings. The first-order chi connectivity index (χ1) is 13.0. The molecule has 6 nitrogen and oxygen atoms in total. The summed E-state index contributed by atoms with van der Waals surface area (Å²) in [4.78, 5) is 12.4. The van der Waals surface area contributed by atoms with E-state index in [1.54, 1.807) is 45.4 Å². The Morgan fingerprint density at radius 2 is 1.93 bits per heavy atom. The van der Waals surface area contributed by atoms with E-state index in [0.29, 0.717) is 29.4 Å². The van der Waals surface area contributed by atoms with E-state index in [-0.39, 0.29) is 11.5 Å². The molecule has 27 heavy (non-hydrogen) atoms. The quantitative estimate of drug-likeness (QED) is 0.640. The van der Waals surface area contributed by atoms with Gasteiger partial charge < -0.3 is 24.3 Å². The molecule has 140 valence electrons. The molecule has 1 heterocycles. The first-order valence-corrected chi connectivity index (χ1v) is 8.41. The molecule has 0 saturated carbocycles. The molecule has 1 amide bonds. The van der Waals surface area contributed by atoms with Crippen molar-refractivity contribution in [2.24, 2.45) is 0 Å². The van der Waals surface area contributed by atoms with E-state index in [1.807, 2.05) is 18.2 Å². The summed E-state index contributed by atoms with van der Waals surface area (Å²) in [6, 6.07) is 13.9. The summed E-state index contributed by atoms with van der Waals surface area (Å²) in [6.45, 7) is 1.80. The topological polar surface area (TPSA) is 80.9 Å². The minimum absolute atomic E-state index is 0.0104. The summed E-state index contributed by atoms with van der Waals surface area (Å²) in [5.74, 6) is 1.78. The van der Waals surface area contributed by atoms with Crippen LogP contribution in [0.2, 0.25) is 0 Å². The number of para-hydroxylation sites is 1. The van der Waals surface area contributed by atoms with Gasteiger partial charge in [0.1, 0.15) is 23.0 Å². The Labute approximate surface area is 157 Å². The zero-order valence-electron chi connectivity index (χ0n) is 15.4. The van der Waals surface area contributed by atoms with E-state index in [9.17, 15) is 9.90 Å².